The number of nitrogens with one attached hydrogen (secondary N) is 1. The van der Waals surface area contributed by atoms with Crippen molar-refractivity contribution in [1.29, 1.82) is 0 Å². The Balaban J connectivity index is 2.06. The number of thioether (sulfide) groups is 1. The predicted octanol–water partition coefficient (Wildman–Crippen LogP) is 1.09. The monoisotopic (exact) mass is 291 g/mol. The van der Waals surface area contributed by atoms with Crippen LogP contribution >= 0.6 is 24.0 Å². The molecule has 18 heavy (non-hydrogen) atoms. The quantitative estimate of drug-likeness (QED) is 0.352. The molecule has 1 heterocycles. The van der Waals surface area contributed by atoms with E-state index in [1.807, 2.05) is 0 Å². The third kappa shape index (κ3) is 6.34. The van der Waals surface area contributed by atoms with Crippen LogP contribution in [0.1, 0.15) is 6.92 Å². The number of hydrogen-bond acceptors (Lipinski definition) is 6. The second kappa shape index (κ2) is 8.47. The van der Waals surface area contributed by atoms with Crippen LogP contribution in [0.25, 0.3) is 0 Å². The Morgan fingerprint density at radius 3 is 2.83 bits per heavy atom. The fourth-order valence-corrected chi connectivity index (χ4v) is 2.19. The molecule has 0 radical (unpaired) electrons. The van der Waals surface area contributed by atoms with E-state index in [4.69, 9.17) is 26.4 Å². The average Bonchev–Trinajstić information content (AvgIpc) is 2.35. The Hall–Kier alpha value is -0.630. The number of esters is 1. The van der Waals surface area contributed by atoms with Gasteiger partial charge in [-0.05, 0) is 6.92 Å². The molecular weight excluding hydrogens is 274 g/mol. The number of hydrogen-bond donors (Lipinski definition) is 1. The summed E-state index contributed by atoms with van der Waals surface area (Å²) in [6.45, 7) is 6.95. The maximum atomic E-state index is 11.1. The summed E-state index contributed by atoms with van der Waals surface area (Å²) in [6.07, 6.45) is 0. The first-order valence-corrected chi connectivity index (χ1v) is 6.90. The fraction of sp³-hybridized carbons (Fsp3) is 0.636. The third-order valence-corrected chi connectivity index (χ3v) is 3.25. The molecule has 0 spiro atoms. The zero-order valence-electron chi connectivity index (χ0n) is 10.3. The molecule has 0 unspecified atom stereocenters. The number of carbonyl (C=O) groups is 1. The summed E-state index contributed by atoms with van der Waals surface area (Å²) in [5, 5.41) is 3.12. The molecule has 1 fully saturated rings. The zero-order valence-corrected chi connectivity index (χ0v) is 11.9. The zero-order chi connectivity index (χ0) is 13.4. The SMILES string of the molecule is C=C(C)C(=O)OCCSC(=S)NC1COCOC1. The Morgan fingerprint density at radius 1 is 1.56 bits per heavy atom. The van der Waals surface area contributed by atoms with Crippen molar-refractivity contribution < 1.29 is 19.0 Å². The Morgan fingerprint density at radius 2 is 2.22 bits per heavy atom. The van der Waals surface area contributed by atoms with E-state index >= 15 is 0 Å². The summed E-state index contributed by atoms with van der Waals surface area (Å²) in [5.74, 6) is 0.239. The van der Waals surface area contributed by atoms with Crippen LogP contribution in [0.2, 0.25) is 0 Å². The minimum Gasteiger partial charge on any atom is -0.461 e. The highest BCUT2D eigenvalue weighted by Gasteiger charge is 2.15. The maximum absolute atomic E-state index is 11.1. The molecule has 7 heteroatoms. The molecule has 1 N–H and O–H groups in total. The van der Waals surface area contributed by atoms with Gasteiger partial charge in [0.1, 0.15) is 17.7 Å². The van der Waals surface area contributed by atoms with Crippen molar-refractivity contribution in [1.82, 2.24) is 5.32 Å². The molecule has 0 aliphatic carbocycles. The number of rotatable bonds is 5. The van der Waals surface area contributed by atoms with E-state index in [2.05, 4.69) is 11.9 Å². The molecule has 0 saturated carbocycles. The lowest BCUT2D eigenvalue weighted by Crippen LogP contribution is -2.43. The van der Waals surface area contributed by atoms with E-state index in [-0.39, 0.29) is 12.0 Å². The lowest BCUT2D eigenvalue weighted by atomic mass is 10.3. The van der Waals surface area contributed by atoms with Gasteiger partial charge in [-0.2, -0.15) is 0 Å². The topological polar surface area (TPSA) is 56.8 Å². The summed E-state index contributed by atoms with van der Waals surface area (Å²) in [6, 6.07) is 0.0942. The van der Waals surface area contributed by atoms with E-state index in [0.29, 0.717) is 42.3 Å². The molecule has 5 nitrogen and oxygen atoms in total. The lowest BCUT2D eigenvalue weighted by molar-refractivity contribution is -0.138. The minimum atomic E-state index is -0.372. The van der Waals surface area contributed by atoms with Gasteiger partial charge in [0.2, 0.25) is 0 Å². The molecular formula is C11H17NO4S2. The molecule has 0 aromatic heterocycles. The Labute approximate surface area is 116 Å². The second-order valence-electron chi connectivity index (χ2n) is 3.75. The molecule has 1 aliphatic rings. The molecule has 1 aliphatic heterocycles. The fourth-order valence-electron chi connectivity index (χ4n) is 1.17. The summed E-state index contributed by atoms with van der Waals surface area (Å²) in [7, 11) is 0. The van der Waals surface area contributed by atoms with Gasteiger partial charge in [-0.3, -0.25) is 0 Å². The van der Waals surface area contributed by atoms with E-state index in [9.17, 15) is 4.79 Å². The second-order valence-corrected chi connectivity index (χ2v) is 5.52. The van der Waals surface area contributed by atoms with Crippen LogP contribution in [0, 0.1) is 0 Å². The predicted molar refractivity (Wildman–Crippen MR) is 74.5 cm³/mol. The molecule has 0 amide bonds. The van der Waals surface area contributed by atoms with E-state index in [1.54, 1.807) is 6.92 Å². The molecule has 0 atom stereocenters. The van der Waals surface area contributed by atoms with Crippen LogP contribution in [0.4, 0.5) is 0 Å². The average molecular weight is 291 g/mol. The summed E-state index contributed by atoms with van der Waals surface area (Å²) >= 11 is 6.57. The minimum absolute atomic E-state index is 0.0942. The number of ether oxygens (including phenoxy) is 3. The van der Waals surface area contributed by atoms with Gasteiger partial charge < -0.3 is 19.5 Å². The van der Waals surface area contributed by atoms with Crippen molar-refractivity contribution in [2.75, 3.05) is 32.4 Å². The van der Waals surface area contributed by atoms with Crippen molar-refractivity contribution in [2.24, 2.45) is 0 Å². The van der Waals surface area contributed by atoms with Gasteiger partial charge in [0, 0.05) is 11.3 Å². The summed E-state index contributed by atoms with van der Waals surface area (Å²) in [4.78, 5) is 11.1. The van der Waals surface area contributed by atoms with Gasteiger partial charge in [0.05, 0.1) is 19.3 Å². The molecule has 1 rings (SSSR count). The highest BCUT2D eigenvalue weighted by atomic mass is 32.2. The Kier molecular flexibility index (Phi) is 7.26. The summed E-state index contributed by atoms with van der Waals surface area (Å²) in [5.41, 5.74) is 0.400. The van der Waals surface area contributed by atoms with Gasteiger partial charge in [-0.25, -0.2) is 4.79 Å². The standard InChI is InChI=1S/C11H17NO4S2/c1-8(2)10(13)16-3-4-18-11(17)12-9-5-14-7-15-6-9/h9H,1,3-7H2,2H3,(H,12,17). The molecule has 102 valence electrons. The van der Waals surface area contributed by atoms with Crippen LogP contribution in [0.15, 0.2) is 12.2 Å². The number of thiocarbonyl (C=S) groups is 1. The normalized spacial score (nSPS) is 16.1. The van der Waals surface area contributed by atoms with Crippen LogP contribution in [-0.4, -0.2) is 48.7 Å². The van der Waals surface area contributed by atoms with Crippen molar-refractivity contribution in [3.63, 3.8) is 0 Å². The van der Waals surface area contributed by atoms with E-state index < -0.39 is 0 Å². The molecule has 0 aromatic rings. The van der Waals surface area contributed by atoms with Crippen molar-refractivity contribution in [3.8, 4) is 0 Å². The number of carbonyl (C=O) groups excluding carboxylic acids is 1. The lowest BCUT2D eigenvalue weighted by Gasteiger charge is -2.24. The van der Waals surface area contributed by atoms with E-state index in [1.165, 1.54) is 11.8 Å². The van der Waals surface area contributed by atoms with Gasteiger partial charge >= 0.3 is 5.97 Å². The first kappa shape index (κ1) is 15.4. The first-order valence-electron chi connectivity index (χ1n) is 5.51. The Bertz CT molecular complexity index is 316. The van der Waals surface area contributed by atoms with Crippen LogP contribution in [0.5, 0.6) is 0 Å². The highest BCUT2D eigenvalue weighted by Crippen LogP contribution is 2.05. The highest BCUT2D eigenvalue weighted by molar-refractivity contribution is 8.22. The van der Waals surface area contributed by atoms with Crippen LogP contribution in [0.3, 0.4) is 0 Å². The van der Waals surface area contributed by atoms with Crippen molar-refractivity contribution >= 4 is 34.3 Å². The van der Waals surface area contributed by atoms with Gasteiger partial charge in [-0.1, -0.05) is 30.6 Å². The molecule has 0 aromatic carbocycles. The largest absolute Gasteiger partial charge is 0.461 e. The maximum Gasteiger partial charge on any atom is 0.333 e. The van der Waals surface area contributed by atoms with Crippen LogP contribution < -0.4 is 5.32 Å². The van der Waals surface area contributed by atoms with E-state index in [0.717, 1.165) is 0 Å². The third-order valence-electron chi connectivity index (χ3n) is 2.02. The van der Waals surface area contributed by atoms with Crippen molar-refractivity contribution in [2.45, 2.75) is 13.0 Å². The smallest absolute Gasteiger partial charge is 0.333 e. The molecule has 1 saturated heterocycles. The van der Waals surface area contributed by atoms with Crippen molar-refractivity contribution in [3.05, 3.63) is 12.2 Å². The van der Waals surface area contributed by atoms with Gasteiger partial charge in [0.15, 0.2) is 0 Å². The summed E-state index contributed by atoms with van der Waals surface area (Å²) < 4.78 is 15.9. The van der Waals surface area contributed by atoms with Gasteiger partial charge in [-0.15, -0.1) is 0 Å². The first-order chi connectivity index (χ1) is 8.59. The van der Waals surface area contributed by atoms with Crippen LogP contribution in [-0.2, 0) is 19.0 Å². The van der Waals surface area contributed by atoms with Gasteiger partial charge in [0.25, 0.3) is 0 Å². The molecule has 0 bridgehead atoms.